The van der Waals surface area contributed by atoms with Crippen molar-refractivity contribution < 1.29 is 9.53 Å². The van der Waals surface area contributed by atoms with E-state index in [9.17, 15) is 4.79 Å². The van der Waals surface area contributed by atoms with Gasteiger partial charge in [0.2, 0.25) is 0 Å². The first-order chi connectivity index (χ1) is 14.0. The van der Waals surface area contributed by atoms with Crippen LogP contribution in [0.5, 0.6) is 0 Å². The summed E-state index contributed by atoms with van der Waals surface area (Å²) < 4.78 is 9.67. The maximum absolute atomic E-state index is 13.1. The summed E-state index contributed by atoms with van der Waals surface area (Å²) in [6, 6.07) is 0. The zero-order valence-corrected chi connectivity index (χ0v) is 17.1. The second-order valence-corrected chi connectivity index (χ2v) is 8.18. The maximum atomic E-state index is 13.1. The van der Waals surface area contributed by atoms with Crippen molar-refractivity contribution in [3.05, 3.63) is 35.0 Å². The van der Waals surface area contributed by atoms with Gasteiger partial charge >= 0.3 is 0 Å². The van der Waals surface area contributed by atoms with Crippen molar-refractivity contribution in [3.8, 4) is 0 Å². The SMILES string of the molecule is Cc1c(C)n(CC2CCCO2)c2ncnc(NC(=O)c3c(C4CC4)cnn3C)c12. The average molecular weight is 394 g/mol. The predicted octanol–water partition coefficient (Wildman–Crippen LogP) is 3.09. The van der Waals surface area contributed by atoms with Crippen LogP contribution in [0.15, 0.2) is 12.5 Å². The van der Waals surface area contributed by atoms with E-state index in [1.54, 1.807) is 4.68 Å². The Labute approximate surface area is 169 Å². The Kier molecular flexibility index (Phi) is 4.38. The zero-order valence-electron chi connectivity index (χ0n) is 17.1. The molecule has 0 radical (unpaired) electrons. The number of fused-ring (bicyclic) bond motifs is 1. The van der Waals surface area contributed by atoms with E-state index < -0.39 is 0 Å². The van der Waals surface area contributed by atoms with Gasteiger partial charge < -0.3 is 14.6 Å². The van der Waals surface area contributed by atoms with Crippen LogP contribution in [0.1, 0.15) is 58.9 Å². The van der Waals surface area contributed by atoms with E-state index in [0.29, 0.717) is 17.4 Å². The Morgan fingerprint density at radius 2 is 2.10 bits per heavy atom. The van der Waals surface area contributed by atoms with E-state index in [-0.39, 0.29) is 12.0 Å². The smallest absolute Gasteiger partial charge is 0.275 e. The largest absolute Gasteiger partial charge is 0.376 e. The van der Waals surface area contributed by atoms with Gasteiger partial charge in [0.15, 0.2) is 0 Å². The van der Waals surface area contributed by atoms with E-state index in [1.807, 2.05) is 13.2 Å². The van der Waals surface area contributed by atoms with Gasteiger partial charge in [-0.1, -0.05) is 0 Å². The minimum Gasteiger partial charge on any atom is -0.376 e. The van der Waals surface area contributed by atoms with Crippen molar-refractivity contribution in [2.75, 3.05) is 11.9 Å². The number of nitrogens with zero attached hydrogens (tertiary/aromatic N) is 5. The highest BCUT2D eigenvalue weighted by Crippen LogP contribution is 2.41. The molecule has 5 rings (SSSR count). The highest BCUT2D eigenvalue weighted by molar-refractivity contribution is 6.08. The molecule has 1 amide bonds. The summed E-state index contributed by atoms with van der Waals surface area (Å²) in [5, 5.41) is 8.23. The molecule has 0 spiro atoms. The van der Waals surface area contributed by atoms with Crippen molar-refractivity contribution in [1.82, 2.24) is 24.3 Å². The minimum absolute atomic E-state index is 0.171. The molecule has 1 saturated carbocycles. The Morgan fingerprint density at radius 1 is 1.28 bits per heavy atom. The first kappa shape index (κ1) is 18.3. The molecule has 1 unspecified atom stereocenters. The second-order valence-electron chi connectivity index (χ2n) is 8.18. The van der Waals surface area contributed by atoms with Crippen LogP contribution in [0.25, 0.3) is 11.0 Å². The molecule has 1 aliphatic carbocycles. The van der Waals surface area contributed by atoms with Gasteiger partial charge in [0.05, 0.1) is 24.2 Å². The number of amides is 1. The van der Waals surface area contributed by atoms with Gasteiger partial charge in [0.1, 0.15) is 23.5 Å². The van der Waals surface area contributed by atoms with Crippen LogP contribution in [-0.2, 0) is 18.3 Å². The van der Waals surface area contributed by atoms with Crippen molar-refractivity contribution >= 4 is 22.8 Å². The average Bonchev–Trinajstić information content (AvgIpc) is 3.18. The number of ether oxygens (including phenoxy) is 1. The fraction of sp³-hybridized carbons (Fsp3) is 0.524. The topological polar surface area (TPSA) is 86.9 Å². The van der Waals surface area contributed by atoms with Gasteiger partial charge in [-0.3, -0.25) is 9.48 Å². The van der Waals surface area contributed by atoms with Gasteiger partial charge in [-0.05, 0) is 51.0 Å². The van der Waals surface area contributed by atoms with Crippen LogP contribution in [0.4, 0.5) is 5.82 Å². The molecule has 4 heterocycles. The van der Waals surface area contributed by atoms with Gasteiger partial charge in [-0.25, -0.2) is 9.97 Å². The van der Waals surface area contributed by atoms with Gasteiger partial charge in [0.25, 0.3) is 5.91 Å². The fourth-order valence-corrected chi connectivity index (χ4v) is 4.37. The van der Waals surface area contributed by atoms with Crippen LogP contribution in [-0.4, -0.2) is 42.9 Å². The molecule has 29 heavy (non-hydrogen) atoms. The molecule has 2 fully saturated rings. The minimum atomic E-state index is -0.171. The number of aromatic nitrogens is 5. The van der Waals surface area contributed by atoms with Gasteiger partial charge in [0, 0.05) is 24.9 Å². The van der Waals surface area contributed by atoms with Crippen LogP contribution in [0.2, 0.25) is 0 Å². The molecule has 8 nitrogen and oxygen atoms in total. The summed E-state index contributed by atoms with van der Waals surface area (Å²) in [7, 11) is 1.81. The van der Waals surface area contributed by atoms with E-state index >= 15 is 0 Å². The summed E-state index contributed by atoms with van der Waals surface area (Å²) in [5.74, 6) is 0.830. The molecule has 0 bridgehead atoms. The Morgan fingerprint density at radius 3 is 2.83 bits per heavy atom. The Balaban J connectivity index is 1.51. The number of carbonyl (C=O) groups excluding carboxylic acids is 1. The number of nitrogens with one attached hydrogen (secondary N) is 1. The lowest BCUT2D eigenvalue weighted by molar-refractivity contribution is 0.0974. The maximum Gasteiger partial charge on any atom is 0.275 e. The van der Waals surface area contributed by atoms with Crippen molar-refractivity contribution in [3.63, 3.8) is 0 Å². The molecule has 2 aliphatic rings. The summed E-state index contributed by atoms with van der Waals surface area (Å²) >= 11 is 0. The molecule has 1 atom stereocenters. The molecule has 8 heteroatoms. The number of carbonyl (C=O) groups is 1. The summed E-state index contributed by atoms with van der Waals surface area (Å²) in [4.78, 5) is 22.1. The lowest BCUT2D eigenvalue weighted by Crippen LogP contribution is -2.19. The standard InChI is InChI=1S/C21H26N6O2/c1-12-13(2)27(10-15-5-4-8-29-15)20-17(12)19(22-11-23-20)25-21(28)18-16(14-6-7-14)9-24-26(18)3/h9,11,14-15H,4-8,10H2,1-3H3,(H,22,23,25,28). The summed E-state index contributed by atoms with van der Waals surface area (Å²) in [6.45, 7) is 5.74. The number of aryl methyl sites for hydroxylation is 2. The van der Waals surface area contributed by atoms with E-state index in [0.717, 1.165) is 66.7 Å². The molecule has 0 aromatic carbocycles. The predicted molar refractivity (Wildman–Crippen MR) is 109 cm³/mol. The summed E-state index contributed by atoms with van der Waals surface area (Å²) in [5.41, 5.74) is 4.70. The molecule has 3 aromatic heterocycles. The number of rotatable bonds is 5. The van der Waals surface area contributed by atoms with Crippen LogP contribution in [0.3, 0.4) is 0 Å². The first-order valence-corrected chi connectivity index (χ1v) is 10.3. The Bertz CT molecular complexity index is 1090. The van der Waals surface area contributed by atoms with Crippen molar-refractivity contribution in [2.45, 2.75) is 58.1 Å². The normalized spacial score (nSPS) is 19.2. The Hall–Kier alpha value is -2.74. The van der Waals surface area contributed by atoms with Crippen molar-refractivity contribution in [2.24, 2.45) is 7.05 Å². The molecule has 1 saturated heterocycles. The third-order valence-corrected chi connectivity index (χ3v) is 6.25. The quantitative estimate of drug-likeness (QED) is 0.719. The molecule has 152 valence electrons. The van der Waals surface area contributed by atoms with Gasteiger partial charge in [-0.2, -0.15) is 5.10 Å². The highest BCUT2D eigenvalue weighted by atomic mass is 16.5. The molecular formula is C21H26N6O2. The fourth-order valence-electron chi connectivity index (χ4n) is 4.37. The van der Waals surface area contributed by atoms with Crippen LogP contribution < -0.4 is 5.32 Å². The van der Waals surface area contributed by atoms with Crippen LogP contribution >= 0.6 is 0 Å². The first-order valence-electron chi connectivity index (χ1n) is 10.3. The molecule has 1 N–H and O–H groups in total. The lowest BCUT2D eigenvalue weighted by Gasteiger charge is -2.13. The third kappa shape index (κ3) is 3.11. The molecule has 1 aliphatic heterocycles. The number of anilines is 1. The van der Waals surface area contributed by atoms with Crippen molar-refractivity contribution in [1.29, 1.82) is 0 Å². The number of hydrogen-bond donors (Lipinski definition) is 1. The van der Waals surface area contributed by atoms with Gasteiger partial charge in [-0.15, -0.1) is 0 Å². The van der Waals surface area contributed by atoms with Crippen LogP contribution in [0, 0.1) is 13.8 Å². The number of hydrogen-bond acceptors (Lipinski definition) is 5. The third-order valence-electron chi connectivity index (χ3n) is 6.25. The van der Waals surface area contributed by atoms with E-state index in [2.05, 4.69) is 38.8 Å². The lowest BCUT2D eigenvalue weighted by atomic mass is 10.1. The highest BCUT2D eigenvalue weighted by Gasteiger charge is 2.31. The molecule has 3 aromatic rings. The monoisotopic (exact) mass is 394 g/mol. The second kappa shape index (κ2) is 6.95. The summed E-state index contributed by atoms with van der Waals surface area (Å²) in [6.07, 6.45) is 7.96. The van der Waals surface area contributed by atoms with E-state index in [1.165, 1.54) is 6.33 Å². The van der Waals surface area contributed by atoms with E-state index in [4.69, 9.17) is 4.74 Å². The molecular weight excluding hydrogens is 368 g/mol. The zero-order chi connectivity index (χ0) is 20.1.